The van der Waals surface area contributed by atoms with E-state index in [2.05, 4.69) is 4.98 Å². The molecule has 0 radical (unpaired) electrons. The van der Waals surface area contributed by atoms with Gasteiger partial charge in [0.1, 0.15) is 0 Å². The highest BCUT2D eigenvalue weighted by Crippen LogP contribution is 2.33. The lowest BCUT2D eigenvalue weighted by molar-refractivity contribution is -0.268. The Hall–Kier alpha value is -2.08. The Balaban J connectivity index is 2.73. The van der Waals surface area contributed by atoms with Gasteiger partial charge in [-0.25, -0.2) is 0 Å². The Bertz CT molecular complexity index is 459. The van der Waals surface area contributed by atoms with E-state index in [0.29, 0.717) is 5.69 Å². The van der Waals surface area contributed by atoms with Gasteiger partial charge in [-0.1, -0.05) is 18.2 Å². The Labute approximate surface area is 75.2 Å². The molecule has 0 aromatic heterocycles. The number of hydrogen-bond acceptors (Lipinski definition) is 2. The molecule has 13 heavy (non-hydrogen) atoms. The molecular formula is C10H6N2O. The van der Waals surface area contributed by atoms with Crippen molar-refractivity contribution in [1.29, 1.82) is 5.39 Å². The van der Waals surface area contributed by atoms with Gasteiger partial charge in [-0.05, 0) is 17.7 Å². The predicted molar refractivity (Wildman–Crippen MR) is 47.3 cm³/mol. The average molecular weight is 170 g/mol. The minimum atomic E-state index is -0.0555. The smallest absolute Gasteiger partial charge is 0.392 e. The highest BCUT2D eigenvalue weighted by atomic mass is 16.3. The van der Waals surface area contributed by atoms with Crippen molar-refractivity contribution in [2.45, 2.75) is 0 Å². The molecule has 0 heterocycles. The molecule has 0 aliphatic heterocycles. The summed E-state index contributed by atoms with van der Waals surface area (Å²) in [4.78, 5) is 3.11. The quantitative estimate of drug-likeness (QED) is 0.570. The zero-order valence-corrected chi connectivity index (χ0v) is 6.77. The lowest BCUT2D eigenvalue weighted by atomic mass is 10.2. The summed E-state index contributed by atoms with van der Waals surface area (Å²) in [6.07, 6.45) is 0. The van der Waals surface area contributed by atoms with Gasteiger partial charge in [0.25, 0.3) is 0 Å². The molecule has 0 amide bonds. The maximum Gasteiger partial charge on any atom is 0.392 e. The van der Waals surface area contributed by atoms with Crippen molar-refractivity contribution in [3.8, 4) is 16.9 Å². The van der Waals surface area contributed by atoms with Crippen LogP contribution in [-0.2, 0) is 0 Å². The van der Waals surface area contributed by atoms with Crippen molar-refractivity contribution in [1.82, 2.24) is 0 Å². The van der Waals surface area contributed by atoms with Crippen LogP contribution >= 0.6 is 0 Å². The van der Waals surface area contributed by atoms with Crippen LogP contribution in [0.5, 0.6) is 5.75 Å². The Kier molecular flexibility index (Phi) is 1.60. The summed E-state index contributed by atoms with van der Waals surface area (Å²) in [5.74, 6) is -0.0555. The van der Waals surface area contributed by atoms with Crippen LogP contribution in [-0.4, -0.2) is 0 Å². The molecule has 2 aliphatic carbocycles. The largest absolute Gasteiger partial charge is 0.872 e. The van der Waals surface area contributed by atoms with Crippen molar-refractivity contribution < 1.29 is 5.11 Å². The third kappa shape index (κ3) is 1.18. The lowest BCUT2D eigenvalue weighted by Gasteiger charge is -1.95. The third-order valence-electron chi connectivity index (χ3n) is 1.96. The van der Waals surface area contributed by atoms with Crippen molar-refractivity contribution in [3.05, 3.63) is 41.4 Å². The standard InChI is InChI=1S/C10H6N2O/c11-12-10-6-2-7-1-3-8(13)4-5-9(7)10/h1-6H. The minimum absolute atomic E-state index is 0.0555. The van der Waals surface area contributed by atoms with Crippen LogP contribution in [0.2, 0.25) is 0 Å². The zero-order chi connectivity index (χ0) is 9.26. The summed E-state index contributed by atoms with van der Waals surface area (Å²) >= 11 is 0. The maximum atomic E-state index is 11.0. The normalized spacial score (nSPS) is 9.77. The summed E-state index contributed by atoms with van der Waals surface area (Å²) < 4.78 is 0. The Morgan fingerprint density at radius 1 is 1.00 bits per heavy atom. The van der Waals surface area contributed by atoms with Crippen molar-refractivity contribution in [2.75, 3.05) is 0 Å². The van der Waals surface area contributed by atoms with Gasteiger partial charge < -0.3 is 5.11 Å². The second-order valence-corrected chi connectivity index (χ2v) is 2.76. The average Bonchev–Trinajstić information content (AvgIpc) is 2.45. The van der Waals surface area contributed by atoms with E-state index in [1.165, 1.54) is 12.1 Å². The van der Waals surface area contributed by atoms with E-state index in [1.54, 1.807) is 18.2 Å². The van der Waals surface area contributed by atoms with E-state index >= 15 is 0 Å². The topological polar surface area (TPSA) is 51.2 Å². The molecule has 0 aromatic carbocycles. The third-order valence-corrected chi connectivity index (χ3v) is 1.96. The summed E-state index contributed by atoms with van der Waals surface area (Å²) in [6, 6.07) is 9.83. The molecule has 0 aromatic rings. The first kappa shape index (κ1) is 7.56. The van der Waals surface area contributed by atoms with Crippen molar-refractivity contribution >= 4 is 5.69 Å². The van der Waals surface area contributed by atoms with E-state index in [1.807, 2.05) is 6.07 Å². The molecule has 0 unspecified atom stereocenters. The summed E-state index contributed by atoms with van der Waals surface area (Å²) in [5, 5.41) is 19.6. The first-order valence-corrected chi connectivity index (χ1v) is 3.86. The fourth-order valence-corrected chi connectivity index (χ4v) is 1.30. The molecule has 2 aliphatic rings. The molecule has 0 N–H and O–H groups in total. The summed E-state index contributed by atoms with van der Waals surface area (Å²) in [7, 11) is 0. The van der Waals surface area contributed by atoms with E-state index in [-0.39, 0.29) is 5.75 Å². The van der Waals surface area contributed by atoms with Crippen LogP contribution in [0.4, 0.5) is 5.69 Å². The van der Waals surface area contributed by atoms with E-state index < -0.39 is 0 Å². The van der Waals surface area contributed by atoms with Crippen molar-refractivity contribution in [3.63, 3.8) is 0 Å². The van der Waals surface area contributed by atoms with Crippen LogP contribution < -0.4 is 5.11 Å². The van der Waals surface area contributed by atoms with Crippen LogP contribution in [0.1, 0.15) is 0 Å². The predicted octanol–water partition coefficient (Wildman–Crippen LogP) is 2.35. The van der Waals surface area contributed by atoms with Gasteiger partial charge in [0.2, 0.25) is 5.39 Å². The number of hydrogen-bond donors (Lipinski definition) is 0. The van der Waals surface area contributed by atoms with Gasteiger partial charge in [-0.2, -0.15) is 0 Å². The van der Waals surface area contributed by atoms with Gasteiger partial charge in [0.15, 0.2) is 4.98 Å². The van der Waals surface area contributed by atoms with Crippen molar-refractivity contribution in [2.24, 2.45) is 0 Å². The van der Waals surface area contributed by atoms with E-state index in [9.17, 15) is 5.11 Å². The zero-order valence-electron chi connectivity index (χ0n) is 6.77. The molecule has 0 bridgehead atoms. The van der Waals surface area contributed by atoms with Crippen LogP contribution in [0, 0.1) is 5.39 Å². The SMILES string of the molecule is N#[N+]c1ccc2ccc([O-])ccc1-2. The molecule has 62 valence electrons. The number of diazo groups is 1. The highest BCUT2D eigenvalue weighted by molar-refractivity contribution is 5.81. The van der Waals surface area contributed by atoms with Gasteiger partial charge in [-0.15, -0.1) is 5.75 Å². The second-order valence-electron chi connectivity index (χ2n) is 2.76. The molecule has 0 spiro atoms. The van der Waals surface area contributed by atoms with E-state index in [0.717, 1.165) is 11.1 Å². The Morgan fingerprint density at radius 3 is 2.46 bits per heavy atom. The summed E-state index contributed by atoms with van der Waals surface area (Å²) in [6.45, 7) is 0. The number of nitrogens with zero attached hydrogens (tertiary/aromatic N) is 2. The summed E-state index contributed by atoms with van der Waals surface area (Å²) in [5.41, 5.74) is 2.17. The first-order chi connectivity index (χ1) is 6.31. The van der Waals surface area contributed by atoms with Gasteiger partial charge >= 0.3 is 5.69 Å². The van der Waals surface area contributed by atoms with Crippen LogP contribution in [0.25, 0.3) is 16.1 Å². The molecule has 0 fully saturated rings. The molecule has 3 nitrogen and oxygen atoms in total. The maximum absolute atomic E-state index is 11.0. The Morgan fingerprint density at radius 2 is 1.69 bits per heavy atom. The highest BCUT2D eigenvalue weighted by Gasteiger charge is 2.16. The fraction of sp³-hybridized carbons (Fsp3) is 0. The van der Waals surface area contributed by atoms with Crippen LogP contribution in [0.3, 0.4) is 0 Å². The molecule has 3 heteroatoms. The molecule has 0 saturated heterocycles. The molecular weight excluding hydrogens is 164 g/mol. The van der Waals surface area contributed by atoms with Gasteiger partial charge in [-0.3, -0.25) is 0 Å². The van der Waals surface area contributed by atoms with Gasteiger partial charge in [0, 0.05) is 6.07 Å². The fourth-order valence-electron chi connectivity index (χ4n) is 1.30. The first-order valence-electron chi connectivity index (χ1n) is 3.86. The molecule has 2 rings (SSSR count). The minimum Gasteiger partial charge on any atom is -0.872 e. The lowest BCUT2D eigenvalue weighted by Crippen LogP contribution is -1.83. The molecule has 0 saturated carbocycles. The molecule has 0 atom stereocenters. The number of rotatable bonds is 0. The van der Waals surface area contributed by atoms with Crippen LogP contribution in [0.15, 0.2) is 36.4 Å². The van der Waals surface area contributed by atoms with E-state index in [4.69, 9.17) is 5.39 Å². The van der Waals surface area contributed by atoms with Gasteiger partial charge in [0.05, 0.1) is 5.56 Å². The number of fused-ring (bicyclic) bond motifs is 1. The monoisotopic (exact) mass is 170 g/mol. The second kappa shape index (κ2) is 2.76.